The van der Waals surface area contributed by atoms with Gasteiger partial charge in [-0.05, 0) is 72.4 Å². The molecule has 0 radical (unpaired) electrons. The first-order chi connectivity index (χ1) is 15.5. The summed E-state index contributed by atoms with van der Waals surface area (Å²) in [5, 5.41) is 16.6. The molecule has 6 nitrogen and oxygen atoms in total. The molecule has 1 heterocycles. The predicted octanol–water partition coefficient (Wildman–Crippen LogP) is 5.30. The second-order valence-corrected chi connectivity index (χ2v) is 10.2. The number of rotatable bonds is 12. The molecule has 2 aromatic rings. The lowest BCUT2D eigenvalue weighted by molar-refractivity contribution is 0.129. The number of methoxy groups -OCH3 is 3. The fourth-order valence-electron chi connectivity index (χ4n) is 4.86. The Balaban J connectivity index is 1.21. The molecule has 0 spiro atoms. The Kier molecular flexibility index (Phi) is 6.96. The zero-order valence-corrected chi connectivity index (χ0v) is 20.1. The van der Waals surface area contributed by atoms with Gasteiger partial charge < -0.3 is 24.2 Å². The molecular weight excluding hydrogens is 426 g/mol. The summed E-state index contributed by atoms with van der Waals surface area (Å²) in [5.74, 6) is 3.81. The van der Waals surface area contributed by atoms with Gasteiger partial charge in [-0.1, -0.05) is 18.1 Å². The molecule has 0 amide bonds. The molecule has 1 N–H and O–H groups in total. The van der Waals surface area contributed by atoms with Crippen LogP contribution in [0.5, 0.6) is 17.2 Å². The average molecular weight is 460 g/mol. The maximum atomic E-state index is 10.4. The number of oxime groups is 1. The molecule has 1 unspecified atom stereocenters. The lowest BCUT2D eigenvalue weighted by atomic mass is 9.95. The van der Waals surface area contributed by atoms with Crippen molar-refractivity contribution in [3.8, 4) is 17.2 Å². The van der Waals surface area contributed by atoms with E-state index in [9.17, 15) is 5.11 Å². The molecule has 4 rings (SSSR count). The number of aliphatic hydroxyl groups is 1. The predicted molar refractivity (Wildman–Crippen MR) is 126 cm³/mol. The summed E-state index contributed by atoms with van der Waals surface area (Å²) in [6.07, 6.45) is 5.76. The van der Waals surface area contributed by atoms with E-state index in [4.69, 9.17) is 19.0 Å². The van der Waals surface area contributed by atoms with E-state index in [0.29, 0.717) is 35.2 Å². The minimum Gasteiger partial charge on any atom is -0.493 e. The van der Waals surface area contributed by atoms with Crippen molar-refractivity contribution in [3.05, 3.63) is 40.1 Å². The first kappa shape index (κ1) is 22.9. The van der Waals surface area contributed by atoms with Crippen LogP contribution < -0.4 is 14.2 Å². The maximum absolute atomic E-state index is 10.4. The summed E-state index contributed by atoms with van der Waals surface area (Å²) in [7, 11) is 4.77. The van der Waals surface area contributed by atoms with Gasteiger partial charge >= 0.3 is 0 Å². The molecule has 32 heavy (non-hydrogen) atoms. The molecule has 0 saturated heterocycles. The number of nitrogens with zero attached hydrogens (tertiary/aromatic N) is 1. The van der Waals surface area contributed by atoms with Gasteiger partial charge in [0.1, 0.15) is 6.61 Å². The van der Waals surface area contributed by atoms with E-state index in [1.807, 2.05) is 29.6 Å². The van der Waals surface area contributed by atoms with Gasteiger partial charge in [0.25, 0.3) is 0 Å². The molecule has 1 aromatic carbocycles. The van der Waals surface area contributed by atoms with Gasteiger partial charge in [0.15, 0.2) is 11.5 Å². The van der Waals surface area contributed by atoms with Crippen molar-refractivity contribution >= 4 is 17.6 Å². The Bertz CT molecular complexity index is 905. The molecule has 0 bridgehead atoms. The van der Waals surface area contributed by atoms with E-state index in [1.54, 1.807) is 38.9 Å². The van der Waals surface area contributed by atoms with Crippen LogP contribution in [0.3, 0.4) is 0 Å². The van der Waals surface area contributed by atoms with E-state index in [1.165, 1.54) is 12.8 Å². The van der Waals surface area contributed by atoms with Gasteiger partial charge in [-0.3, -0.25) is 0 Å². The Hall–Kier alpha value is -2.25. The van der Waals surface area contributed by atoms with Crippen LogP contribution >= 0.6 is 11.3 Å². The van der Waals surface area contributed by atoms with Crippen LogP contribution in [0.2, 0.25) is 0 Å². The van der Waals surface area contributed by atoms with Gasteiger partial charge in [-0.15, -0.1) is 11.3 Å². The molecule has 0 aliphatic heterocycles. The summed E-state index contributed by atoms with van der Waals surface area (Å²) in [5.41, 5.74) is 1.20. The summed E-state index contributed by atoms with van der Waals surface area (Å²) < 4.78 is 16.1. The summed E-state index contributed by atoms with van der Waals surface area (Å²) in [4.78, 5) is 6.68. The van der Waals surface area contributed by atoms with Crippen molar-refractivity contribution in [1.29, 1.82) is 0 Å². The molecule has 5 atom stereocenters. The largest absolute Gasteiger partial charge is 0.493 e. The van der Waals surface area contributed by atoms with E-state index in [0.717, 1.165) is 35.1 Å². The van der Waals surface area contributed by atoms with Gasteiger partial charge in [-0.25, -0.2) is 0 Å². The molecule has 174 valence electrons. The Morgan fingerprint density at radius 1 is 1.22 bits per heavy atom. The number of benzene rings is 1. The van der Waals surface area contributed by atoms with Crippen molar-refractivity contribution in [1.82, 2.24) is 0 Å². The van der Waals surface area contributed by atoms with Crippen LogP contribution in [-0.2, 0) is 4.84 Å². The molecular formula is C25H33NO5S. The monoisotopic (exact) mass is 459 g/mol. The third-order valence-electron chi connectivity index (χ3n) is 7.03. The third-order valence-corrected chi connectivity index (χ3v) is 8.00. The number of hydrogen-bond acceptors (Lipinski definition) is 7. The topological polar surface area (TPSA) is 69.5 Å². The molecule has 1 aromatic heterocycles. The third kappa shape index (κ3) is 5.04. The molecule has 2 fully saturated rings. The first-order valence-electron chi connectivity index (χ1n) is 11.2. The summed E-state index contributed by atoms with van der Waals surface area (Å²) in [6.45, 7) is 3.02. The Labute approximate surface area is 194 Å². The maximum Gasteiger partial charge on any atom is 0.203 e. The van der Waals surface area contributed by atoms with E-state index < -0.39 is 0 Å². The van der Waals surface area contributed by atoms with Crippen molar-refractivity contribution in [3.63, 3.8) is 0 Å². The normalized spacial score (nSPS) is 27.2. The standard InChI is InChI=1S/C25H33NO5S/c1-25(8-7-20(27)23-6-5-9-32-23)13-19(25)18-12-17(18)15-31-26-14-16-10-21(28-2)24(30-4)22(11-16)29-3/h5-6,9-11,14,17-20,27H,7-8,12-13,15H2,1-4H3/b26-14-/t17-,18+,19-,20?,25+/m1/s1. The van der Waals surface area contributed by atoms with Crippen molar-refractivity contribution in [2.24, 2.45) is 28.3 Å². The van der Waals surface area contributed by atoms with E-state index in [2.05, 4.69) is 12.1 Å². The summed E-state index contributed by atoms with van der Waals surface area (Å²) >= 11 is 1.64. The van der Waals surface area contributed by atoms with E-state index in [-0.39, 0.29) is 6.10 Å². The smallest absolute Gasteiger partial charge is 0.203 e. The second kappa shape index (κ2) is 9.71. The molecule has 2 aliphatic rings. The van der Waals surface area contributed by atoms with Crippen LogP contribution in [0.15, 0.2) is 34.8 Å². The van der Waals surface area contributed by atoms with Gasteiger partial charge in [0.2, 0.25) is 5.75 Å². The van der Waals surface area contributed by atoms with Crippen LogP contribution in [0.4, 0.5) is 0 Å². The highest BCUT2D eigenvalue weighted by molar-refractivity contribution is 7.10. The number of hydrogen-bond donors (Lipinski definition) is 1. The van der Waals surface area contributed by atoms with Gasteiger partial charge in [-0.2, -0.15) is 0 Å². The summed E-state index contributed by atoms with van der Waals surface area (Å²) in [6, 6.07) is 7.71. The van der Waals surface area contributed by atoms with Crippen LogP contribution in [0, 0.1) is 23.2 Å². The minimum atomic E-state index is -0.323. The molecule has 2 saturated carbocycles. The lowest BCUT2D eigenvalue weighted by Crippen LogP contribution is -2.05. The first-order valence-corrected chi connectivity index (χ1v) is 12.0. The second-order valence-electron chi connectivity index (χ2n) is 9.18. The highest BCUT2D eigenvalue weighted by Gasteiger charge is 2.60. The van der Waals surface area contributed by atoms with Gasteiger partial charge in [0, 0.05) is 10.4 Å². The molecule has 2 aliphatic carbocycles. The van der Waals surface area contributed by atoms with Crippen LogP contribution in [0.25, 0.3) is 0 Å². The fraction of sp³-hybridized carbons (Fsp3) is 0.560. The van der Waals surface area contributed by atoms with Crippen LogP contribution in [-0.4, -0.2) is 39.3 Å². The average Bonchev–Trinajstić information content (AvgIpc) is 3.64. The lowest BCUT2D eigenvalue weighted by Gasteiger charge is -2.14. The fourth-order valence-corrected chi connectivity index (χ4v) is 5.60. The van der Waals surface area contributed by atoms with Crippen LogP contribution in [0.1, 0.15) is 49.2 Å². The Morgan fingerprint density at radius 2 is 1.97 bits per heavy atom. The van der Waals surface area contributed by atoms with Crippen molar-refractivity contribution in [2.45, 2.75) is 38.7 Å². The molecule has 7 heteroatoms. The quantitative estimate of drug-likeness (QED) is 0.344. The van der Waals surface area contributed by atoms with Gasteiger partial charge in [0.05, 0.1) is 33.6 Å². The van der Waals surface area contributed by atoms with Crippen molar-refractivity contribution in [2.75, 3.05) is 27.9 Å². The Morgan fingerprint density at radius 3 is 2.59 bits per heavy atom. The minimum absolute atomic E-state index is 0.323. The van der Waals surface area contributed by atoms with Crippen molar-refractivity contribution < 1.29 is 24.2 Å². The zero-order chi connectivity index (χ0) is 22.7. The number of ether oxygens (including phenoxy) is 3. The SMILES string of the molecule is COc1cc(/C=N\OC[C@H]2C[C@@H]2[C@H]2C[C@]2(C)CCC(O)c2cccs2)cc(OC)c1OC. The highest BCUT2D eigenvalue weighted by atomic mass is 32.1. The number of thiophene rings is 1. The van der Waals surface area contributed by atoms with E-state index >= 15 is 0 Å². The highest BCUT2D eigenvalue weighted by Crippen LogP contribution is 2.67. The zero-order valence-electron chi connectivity index (χ0n) is 19.2. The number of aliphatic hydroxyl groups excluding tert-OH is 1.